The maximum absolute atomic E-state index is 12.4. The van der Waals surface area contributed by atoms with Crippen LogP contribution in [0.4, 0.5) is 5.82 Å². The molecule has 1 aromatic heterocycles. The van der Waals surface area contributed by atoms with Crippen molar-refractivity contribution >= 4 is 17.7 Å². The highest BCUT2D eigenvalue weighted by Gasteiger charge is 2.60. The first-order valence-corrected chi connectivity index (χ1v) is 7.72. The van der Waals surface area contributed by atoms with E-state index in [1.54, 1.807) is 18.3 Å². The third-order valence-electron chi connectivity index (χ3n) is 5.83. The lowest BCUT2D eigenvalue weighted by atomic mass is 9.51. The maximum Gasteiger partial charge on any atom is 0.307 e. The summed E-state index contributed by atoms with van der Waals surface area (Å²) in [4.78, 5) is 28.3. The number of carboxylic acid groups (broad SMARTS) is 1. The standard InChI is InChI=1S/C16H19N3O3/c1-15-5-4-9(7-11(15)14(21)22)16(8-15)18-12-10(13(20)19-16)3-2-6-17-12/h2-3,6,9,11H,4-5,7-8H2,1H3,(H,17,18)(H,19,20)(H,21,22)/t9-,11-,15-,16-/m0/s1. The van der Waals surface area contributed by atoms with Crippen LogP contribution in [0.1, 0.15) is 43.0 Å². The van der Waals surface area contributed by atoms with E-state index in [1.807, 2.05) is 6.92 Å². The second kappa shape index (κ2) is 4.21. The molecular weight excluding hydrogens is 282 g/mol. The monoisotopic (exact) mass is 301 g/mol. The molecule has 0 saturated heterocycles. The number of hydrogen-bond acceptors (Lipinski definition) is 4. The SMILES string of the molecule is C[C@@]12CC[C@@H](C[C@H]1C(=O)O)[C@]1(C2)NC(=O)c2cccnc2N1. The van der Waals surface area contributed by atoms with Crippen molar-refractivity contribution in [3.8, 4) is 0 Å². The van der Waals surface area contributed by atoms with Crippen LogP contribution >= 0.6 is 0 Å². The number of aliphatic carboxylic acids is 1. The Morgan fingerprint density at radius 3 is 3.00 bits per heavy atom. The summed E-state index contributed by atoms with van der Waals surface area (Å²) >= 11 is 0. The fourth-order valence-electron chi connectivity index (χ4n) is 4.70. The van der Waals surface area contributed by atoms with Crippen molar-refractivity contribution in [3.63, 3.8) is 0 Å². The number of carbonyl (C=O) groups excluding carboxylic acids is 1. The molecule has 22 heavy (non-hydrogen) atoms. The highest BCUT2D eigenvalue weighted by Crippen LogP contribution is 2.58. The van der Waals surface area contributed by atoms with E-state index < -0.39 is 11.6 Å². The first-order chi connectivity index (χ1) is 10.4. The van der Waals surface area contributed by atoms with Crippen LogP contribution in [0.15, 0.2) is 18.3 Å². The van der Waals surface area contributed by atoms with Gasteiger partial charge in [0, 0.05) is 12.1 Å². The van der Waals surface area contributed by atoms with Crippen LogP contribution in [0.2, 0.25) is 0 Å². The van der Waals surface area contributed by atoms with Gasteiger partial charge in [-0.1, -0.05) is 6.92 Å². The van der Waals surface area contributed by atoms with E-state index in [1.165, 1.54) is 0 Å². The summed E-state index contributed by atoms with van der Waals surface area (Å²) in [5, 5.41) is 16.0. The van der Waals surface area contributed by atoms with Gasteiger partial charge in [0.25, 0.3) is 5.91 Å². The number of hydrogen-bond donors (Lipinski definition) is 3. The van der Waals surface area contributed by atoms with Crippen molar-refractivity contribution in [3.05, 3.63) is 23.9 Å². The van der Waals surface area contributed by atoms with Crippen LogP contribution in [0.5, 0.6) is 0 Å². The van der Waals surface area contributed by atoms with Gasteiger partial charge in [-0.3, -0.25) is 9.59 Å². The maximum atomic E-state index is 12.4. The molecule has 6 heteroatoms. The number of rotatable bonds is 1. The number of carbonyl (C=O) groups is 2. The molecule has 0 aromatic carbocycles. The van der Waals surface area contributed by atoms with Gasteiger partial charge in [0.05, 0.1) is 11.5 Å². The largest absolute Gasteiger partial charge is 0.481 e. The van der Waals surface area contributed by atoms with E-state index in [9.17, 15) is 14.7 Å². The summed E-state index contributed by atoms with van der Waals surface area (Å²) in [7, 11) is 0. The Morgan fingerprint density at radius 2 is 2.27 bits per heavy atom. The minimum atomic E-state index is -0.720. The number of pyridine rings is 1. The van der Waals surface area contributed by atoms with Crippen LogP contribution in [-0.2, 0) is 4.79 Å². The molecule has 6 nitrogen and oxygen atoms in total. The molecule has 0 unspecified atom stereocenters. The molecule has 3 fully saturated rings. The minimum absolute atomic E-state index is 0.120. The normalized spacial score (nSPS) is 39.0. The van der Waals surface area contributed by atoms with E-state index in [0.717, 1.165) is 12.8 Å². The Morgan fingerprint density at radius 1 is 1.45 bits per heavy atom. The second-order valence-corrected chi connectivity index (χ2v) is 7.14. The summed E-state index contributed by atoms with van der Waals surface area (Å²) in [6, 6.07) is 3.49. The van der Waals surface area contributed by atoms with Crippen molar-refractivity contribution in [2.75, 3.05) is 5.32 Å². The first-order valence-electron chi connectivity index (χ1n) is 7.72. The van der Waals surface area contributed by atoms with Gasteiger partial charge in [-0.15, -0.1) is 0 Å². The molecule has 1 amide bonds. The molecule has 2 bridgehead atoms. The predicted octanol–water partition coefficient (Wildman–Crippen LogP) is 1.84. The molecule has 5 rings (SSSR count). The Kier molecular flexibility index (Phi) is 2.59. The Labute approximate surface area is 128 Å². The van der Waals surface area contributed by atoms with E-state index in [-0.39, 0.29) is 23.2 Å². The van der Waals surface area contributed by atoms with Crippen LogP contribution in [0.3, 0.4) is 0 Å². The smallest absolute Gasteiger partial charge is 0.307 e. The molecule has 2 heterocycles. The Bertz CT molecular complexity index is 676. The first kappa shape index (κ1) is 13.5. The average Bonchev–Trinajstić information content (AvgIpc) is 2.46. The number of fused-ring (bicyclic) bond motifs is 3. The van der Waals surface area contributed by atoms with Gasteiger partial charge in [-0.2, -0.15) is 0 Å². The van der Waals surface area contributed by atoms with E-state index >= 15 is 0 Å². The van der Waals surface area contributed by atoms with Crippen molar-refractivity contribution in [2.24, 2.45) is 17.3 Å². The zero-order valence-corrected chi connectivity index (χ0v) is 12.4. The van der Waals surface area contributed by atoms with Crippen molar-refractivity contribution in [2.45, 2.75) is 38.3 Å². The molecule has 4 atom stereocenters. The highest BCUT2D eigenvalue weighted by atomic mass is 16.4. The summed E-state index contributed by atoms with van der Waals surface area (Å²) in [5.74, 6) is -0.447. The van der Waals surface area contributed by atoms with Gasteiger partial charge >= 0.3 is 5.97 Å². The molecule has 3 N–H and O–H groups in total. The minimum Gasteiger partial charge on any atom is -0.481 e. The topological polar surface area (TPSA) is 91.3 Å². The zero-order chi connectivity index (χ0) is 15.5. The lowest BCUT2D eigenvalue weighted by molar-refractivity contribution is -0.156. The Hall–Kier alpha value is -2.11. The van der Waals surface area contributed by atoms with Gasteiger partial charge in [0.15, 0.2) is 0 Å². The van der Waals surface area contributed by atoms with Gasteiger partial charge in [0.1, 0.15) is 11.5 Å². The van der Waals surface area contributed by atoms with Gasteiger partial charge in [-0.05, 0) is 43.2 Å². The number of amides is 1. The van der Waals surface area contributed by atoms with Gasteiger partial charge in [-0.25, -0.2) is 4.98 Å². The number of aromatic nitrogens is 1. The highest BCUT2D eigenvalue weighted by molar-refractivity contribution is 6.01. The number of nitrogens with one attached hydrogen (secondary N) is 2. The van der Waals surface area contributed by atoms with Crippen molar-refractivity contribution < 1.29 is 14.7 Å². The lowest BCUT2D eigenvalue weighted by Crippen LogP contribution is -2.69. The van der Waals surface area contributed by atoms with E-state index in [2.05, 4.69) is 15.6 Å². The third kappa shape index (κ3) is 1.69. The lowest BCUT2D eigenvalue weighted by Gasteiger charge is -2.60. The molecular formula is C16H19N3O3. The number of carboxylic acids is 1. The number of anilines is 1. The van der Waals surface area contributed by atoms with Crippen LogP contribution in [0, 0.1) is 17.3 Å². The van der Waals surface area contributed by atoms with Gasteiger partial charge < -0.3 is 15.7 Å². The van der Waals surface area contributed by atoms with Crippen molar-refractivity contribution in [1.82, 2.24) is 10.3 Å². The molecule has 1 aliphatic heterocycles. The quantitative estimate of drug-likeness (QED) is 0.736. The summed E-state index contributed by atoms with van der Waals surface area (Å²) in [5.41, 5.74) is -0.306. The summed E-state index contributed by atoms with van der Waals surface area (Å²) < 4.78 is 0. The summed E-state index contributed by atoms with van der Waals surface area (Å²) in [6.45, 7) is 2.03. The number of nitrogens with zero attached hydrogens (tertiary/aromatic N) is 1. The molecule has 0 radical (unpaired) electrons. The Balaban J connectivity index is 1.73. The molecule has 1 aromatic rings. The van der Waals surface area contributed by atoms with E-state index in [0.29, 0.717) is 24.2 Å². The molecule has 116 valence electrons. The van der Waals surface area contributed by atoms with Crippen LogP contribution in [-0.4, -0.2) is 27.6 Å². The molecule has 1 spiro atoms. The predicted molar refractivity (Wildman–Crippen MR) is 79.2 cm³/mol. The zero-order valence-electron chi connectivity index (χ0n) is 12.4. The van der Waals surface area contributed by atoms with E-state index in [4.69, 9.17) is 0 Å². The van der Waals surface area contributed by atoms with Crippen LogP contribution in [0.25, 0.3) is 0 Å². The van der Waals surface area contributed by atoms with Gasteiger partial charge in [0.2, 0.25) is 0 Å². The third-order valence-corrected chi connectivity index (χ3v) is 5.83. The fourth-order valence-corrected chi connectivity index (χ4v) is 4.70. The molecule has 3 saturated carbocycles. The van der Waals surface area contributed by atoms with Crippen LogP contribution < -0.4 is 10.6 Å². The second-order valence-electron chi connectivity index (χ2n) is 7.14. The van der Waals surface area contributed by atoms with Crippen molar-refractivity contribution in [1.29, 1.82) is 0 Å². The summed E-state index contributed by atoms with van der Waals surface area (Å²) in [6.07, 6.45) is 4.71. The molecule has 3 aliphatic carbocycles. The molecule has 4 aliphatic rings. The fraction of sp³-hybridized carbons (Fsp3) is 0.562. The average molecular weight is 301 g/mol.